The van der Waals surface area contributed by atoms with Crippen molar-refractivity contribution in [1.82, 2.24) is 5.32 Å². The average Bonchev–Trinajstić information content (AvgIpc) is 2.73. The van der Waals surface area contributed by atoms with E-state index in [-0.39, 0.29) is 11.5 Å². The highest BCUT2D eigenvalue weighted by atomic mass is 16.3. The first-order valence-electron chi connectivity index (χ1n) is 6.62. The van der Waals surface area contributed by atoms with E-state index in [2.05, 4.69) is 12.2 Å². The zero-order valence-corrected chi connectivity index (χ0v) is 9.97. The summed E-state index contributed by atoms with van der Waals surface area (Å²) in [5, 5.41) is 13.7. The fourth-order valence-electron chi connectivity index (χ4n) is 3.10. The summed E-state index contributed by atoms with van der Waals surface area (Å²) >= 11 is 0. The number of nitrogens with one attached hydrogen (secondary N) is 1. The molecule has 2 fully saturated rings. The third-order valence-electron chi connectivity index (χ3n) is 4.43. The summed E-state index contributed by atoms with van der Waals surface area (Å²) in [5.41, 5.74) is 0.140. The first-order chi connectivity index (χ1) is 7.21. The Labute approximate surface area is 93.5 Å². The Morgan fingerprint density at radius 2 is 1.80 bits per heavy atom. The maximum absolute atomic E-state index is 10.1. The molecule has 2 N–H and O–H groups in total. The molecule has 2 aliphatic carbocycles. The van der Waals surface area contributed by atoms with Crippen LogP contribution in [0.3, 0.4) is 0 Å². The molecular weight excluding hydrogens is 186 g/mol. The van der Waals surface area contributed by atoms with Gasteiger partial charge in [0.25, 0.3) is 0 Å². The molecule has 0 spiro atoms. The van der Waals surface area contributed by atoms with Crippen LogP contribution in [0.4, 0.5) is 0 Å². The molecule has 0 aromatic heterocycles. The number of hydrogen-bond acceptors (Lipinski definition) is 2. The molecule has 2 saturated carbocycles. The number of aliphatic hydroxyl groups is 1. The molecule has 2 nitrogen and oxygen atoms in total. The predicted octanol–water partition coefficient (Wildman–Crippen LogP) is 2.46. The van der Waals surface area contributed by atoms with Gasteiger partial charge in [0.2, 0.25) is 0 Å². The quantitative estimate of drug-likeness (QED) is 0.751. The van der Waals surface area contributed by atoms with Crippen LogP contribution in [0.5, 0.6) is 0 Å². The van der Waals surface area contributed by atoms with Crippen molar-refractivity contribution < 1.29 is 5.11 Å². The van der Waals surface area contributed by atoms with E-state index in [1.54, 1.807) is 0 Å². The van der Waals surface area contributed by atoms with Gasteiger partial charge in [-0.1, -0.05) is 32.6 Å². The lowest BCUT2D eigenvalue weighted by atomic mass is 9.73. The first kappa shape index (κ1) is 11.4. The number of hydrogen-bond donors (Lipinski definition) is 2. The topological polar surface area (TPSA) is 32.3 Å². The lowest BCUT2D eigenvalue weighted by Gasteiger charge is -2.39. The van der Waals surface area contributed by atoms with E-state index in [0.717, 1.165) is 19.0 Å². The van der Waals surface area contributed by atoms with Gasteiger partial charge in [-0.05, 0) is 25.7 Å². The second kappa shape index (κ2) is 4.84. The average molecular weight is 211 g/mol. The number of rotatable bonds is 3. The largest absolute Gasteiger partial charge is 0.393 e. The first-order valence-corrected chi connectivity index (χ1v) is 6.62. The van der Waals surface area contributed by atoms with Gasteiger partial charge in [0.05, 0.1) is 6.10 Å². The normalized spacial score (nSPS) is 38.4. The molecule has 15 heavy (non-hydrogen) atoms. The van der Waals surface area contributed by atoms with Crippen LogP contribution in [-0.4, -0.2) is 23.8 Å². The SMILES string of the molecule is CC1(CNC2CCCC2)CCCCC1O. The molecule has 0 aromatic carbocycles. The molecule has 2 unspecified atom stereocenters. The van der Waals surface area contributed by atoms with Crippen LogP contribution >= 0.6 is 0 Å². The monoisotopic (exact) mass is 211 g/mol. The summed E-state index contributed by atoms with van der Waals surface area (Å²) in [6.45, 7) is 3.26. The Morgan fingerprint density at radius 1 is 1.13 bits per heavy atom. The van der Waals surface area contributed by atoms with Crippen LogP contribution < -0.4 is 5.32 Å². The molecule has 0 aliphatic heterocycles. The van der Waals surface area contributed by atoms with Gasteiger partial charge in [0.15, 0.2) is 0 Å². The van der Waals surface area contributed by atoms with Crippen molar-refractivity contribution in [3.05, 3.63) is 0 Å². The maximum atomic E-state index is 10.1. The van der Waals surface area contributed by atoms with Crippen LogP contribution in [0.2, 0.25) is 0 Å². The molecule has 0 saturated heterocycles. The van der Waals surface area contributed by atoms with Crippen molar-refractivity contribution >= 4 is 0 Å². The lowest BCUT2D eigenvalue weighted by molar-refractivity contribution is -0.000149. The molecule has 88 valence electrons. The predicted molar refractivity (Wildman–Crippen MR) is 62.8 cm³/mol. The van der Waals surface area contributed by atoms with Crippen molar-refractivity contribution in [3.63, 3.8) is 0 Å². The highest BCUT2D eigenvalue weighted by Crippen LogP contribution is 2.35. The van der Waals surface area contributed by atoms with Gasteiger partial charge in [-0.15, -0.1) is 0 Å². The maximum Gasteiger partial charge on any atom is 0.0605 e. The molecule has 2 rings (SSSR count). The van der Waals surface area contributed by atoms with Crippen LogP contribution in [0.25, 0.3) is 0 Å². The van der Waals surface area contributed by atoms with Gasteiger partial charge in [-0.2, -0.15) is 0 Å². The molecule has 2 heteroatoms. The van der Waals surface area contributed by atoms with E-state index in [1.165, 1.54) is 44.9 Å². The van der Waals surface area contributed by atoms with Gasteiger partial charge in [0, 0.05) is 18.0 Å². The van der Waals surface area contributed by atoms with Gasteiger partial charge < -0.3 is 10.4 Å². The summed E-state index contributed by atoms with van der Waals surface area (Å²) in [6, 6.07) is 0.732. The molecular formula is C13H25NO. The van der Waals surface area contributed by atoms with E-state index in [4.69, 9.17) is 0 Å². The molecule has 2 aliphatic rings. The van der Waals surface area contributed by atoms with Gasteiger partial charge in [-0.3, -0.25) is 0 Å². The molecule has 2 atom stereocenters. The van der Waals surface area contributed by atoms with E-state index in [1.807, 2.05) is 0 Å². The lowest BCUT2D eigenvalue weighted by Crippen LogP contribution is -2.45. The van der Waals surface area contributed by atoms with E-state index in [0.29, 0.717) is 0 Å². The van der Waals surface area contributed by atoms with Crippen LogP contribution in [0.15, 0.2) is 0 Å². The summed E-state index contributed by atoms with van der Waals surface area (Å²) in [7, 11) is 0. The zero-order chi connectivity index (χ0) is 10.7. The Morgan fingerprint density at radius 3 is 2.47 bits per heavy atom. The molecule has 0 amide bonds. The summed E-state index contributed by atoms with van der Waals surface area (Å²) in [5.74, 6) is 0. The van der Waals surface area contributed by atoms with Crippen LogP contribution in [-0.2, 0) is 0 Å². The Kier molecular flexibility index (Phi) is 3.68. The second-order valence-corrected chi connectivity index (χ2v) is 5.78. The Bertz CT molecular complexity index is 201. The van der Waals surface area contributed by atoms with E-state index in [9.17, 15) is 5.11 Å². The minimum atomic E-state index is -0.0832. The third-order valence-corrected chi connectivity index (χ3v) is 4.43. The highest BCUT2D eigenvalue weighted by Gasteiger charge is 2.35. The molecule has 0 heterocycles. The Hall–Kier alpha value is -0.0800. The summed E-state index contributed by atoms with van der Waals surface area (Å²) in [4.78, 5) is 0. The highest BCUT2D eigenvalue weighted by molar-refractivity contribution is 4.89. The smallest absolute Gasteiger partial charge is 0.0605 e. The standard InChI is InChI=1S/C13H25NO/c1-13(9-5-4-8-12(13)15)10-14-11-6-2-3-7-11/h11-12,14-15H,2-10H2,1H3. The van der Waals surface area contributed by atoms with Crippen molar-refractivity contribution in [3.8, 4) is 0 Å². The van der Waals surface area contributed by atoms with Crippen LogP contribution in [0, 0.1) is 5.41 Å². The summed E-state index contributed by atoms with van der Waals surface area (Å²) < 4.78 is 0. The van der Waals surface area contributed by atoms with Crippen molar-refractivity contribution in [1.29, 1.82) is 0 Å². The van der Waals surface area contributed by atoms with Gasteiger partial charge in [0.1, 0.15) is 0 Å². The molecule has 0 bridgehead atoms. The van der Waals surface area contributed by atoms with E-state index < -0.39 is 0 Å². The second-order valence-electron chi connectivity index (χ2n) is 5.78. The fraction of sp³-hybridized carbons (Fsp3) is 1.00. The third kappa shape index (κ3) is 2.73. The van der Waals surface area contributed by atoms with Crippen LogP contribution in [0.1, 0.15) is 58.3 Å². The zero-order valence-electron chi connectivity index (χ0n) is 9.97. The van der Waals surface area contributed by atoms with E-state index >= 15 is 0 Å². The fourth-order valence-corrected chi connectivity index (χ4v) is 3.10. The summed E-state index contributed by atoms with van der Waals surface area (Å²) in [6.07, 6.45) is 10.1. The molecule has 0 radical (unpaired) electrons. The minimum absolute atomic E-state index is 0.0832. The Balaban J connectivity index is 1.80. The van der Waals surface area contributed by atoms with Crippen molar-refractivity contribution in [2.45, 2.75) is 70.4 Å². The minimum Gasteiger partial charge on any atom is -0.393 e. The number of aliphatic hydroxyl groups excluding tert-OH is 1. The molecule has 0 aromatic rings. The van der Waals surface area contributed by atoms with Crippen molar-refractivity contribution in [2.24, 2.45) is 5.41 Å². The van der Waals surface area contributed by atoms with Crippen molar-refractivity contribution in [2.75, 3.05) is 6.54 Å². The van der Waals surface area contributed by atoms with Gasteiger partial charge in [-0.25, -0.2) is 0 Å². The van der Waals surface area contributed by atoms with Gasteiger partial charge >= 0.3 is 0 Å².